The average Bonchev–Trinajstić information content (AvgIpc) is 2.95. The molecule has 144 valence electrons. The first-order chi connectivity index (χ1) is 13.3. The van der Waals surface area contributed by atoms with Crippen molar-refractivity contribution < 1.29 is 13.9 Å². The predicted molar refractivity (Wildman–Crippen MR) is 104 cm³/mol. The molecule has 0 spiro atoms. The minimum Gasteiger partial charge on any atom is -0.490 e. The number of nitrogens with one attached hydrogen (secondary N) is 1. The van der Waals surface area contributed by atoms with E-state index in [9.17, 15) is 4.39 Å². The van der Waals surface area contributed by atoms with Crippen molar-refractivity contribution in [2.45, 2.75) is 38.4 Å². The van der Waals surface area contributed by atoms with Gasteiger partial charge in [0.1, 0.15) is 5.82 Å². The average molecular weight is 370 g/mol. The molecule has 1 fully saturated rings. The van der Waals surface area contributed by atoms with E-state index in [4.69, 9.17) is 9.47 Å². The van der Waals surface area contributed by atoms with Crippen molar-refractivity contribution >= 4 is 0 Å². The Bertz CT molecular complexity index is 760. The van der Waals surface area contributed by atoms with Crippen molar-refractivity contribution in [1.82, 2.24) is 10.2 Å². The quantitative estimate of drug-likeness (QED) is 0.869. The Morgan fingerprint density at radius 3 is 2.59 bits per heavy atom. The van der Waals surface area contributed by atoms with E-state index in [0.717, 1.165) is 61.5 Å². The SMILES string of the molecule is Fc1ccccc1CN1CCC(NCc2cccc3c2OCCCO3)CC1. The van der Waals surface area contributed by atoms with Crippen molar-refractivity contribution in [3.8, 4) is 11.5 Å². The largest absolute Gasteiger partial charge is 0.490 e. The fourth-order valence-corrected chi connectivity index (χ4v) is 3.81. The molecule has 0 unspecified atom stereocenters. The summed E-state index contributed by atoms with van der Waals surface area (Å²) in [6.07, 6.45) is 3.06. The van der Waals surface area contributed by atoms with Gasteiger partial charge in [0.05, 0.1) is 13.2 Å². The Morgan fingerprint density at radius 2 is 1.74 bits per heavy atom. The molecule has 4 nitrogen and oxygen atoms in total. The monoisotopic (exact) mass is 370 g/mol. The number of halogens is 1. The number of ether oxygens (including phenoxy) is 2. The summed E-state index contributed by atoms with van der Waals surface area (Å²) >= 11 is 0. The van der Waals surface area contributed by atoms with E-state index < -0.39 is 0 Å². The minimum absolute atomic E-state index is 0.107. The van der Waals surface area contributed by atoms with Crippen molar-refractivity contribution in [1.29, 1.82) is 0 Å². The van der Waals surface area contributed by atoms with Crippen LogP contribution in [0.5, 0.6) is 11.5 Å². The molecule has 2 aromatic carbocycles. The number of piperidine rings is 1. The van der Waals surface area contributed by atoms with Gasteiger partial charge in [0.15, 0.2) is 11.5 Å². The molecule has 2 aromatic rings. The standard InChI is InChI=1S/C22H27FN2O2/c23-20-7-2-1-5-18(20)16-25-11-9-19(10-12-25)24-15-17-6-3-8-21-22(17)27-14-4-13-26-21/h1-3,5-8,19,24H,4,9-16H2. The summed E-state index contributed by atoms with van der Waals surface area (Å²) in [5.41, 5.74) is 1.94. The number of hydrogen-bond donors (Lipinski definition) is 1. The van der Waals surface area contributed by atoms with E-state index in [-0.39, 0.29) is 5.82 Å². The van der Waals surface area contributed by atoms with Gasteiger partial charge >= 0.3 is 0 Å². The number of para-hydroxylation sites is 1. The van der Waals surface area contributed by atoms with Gasteiger partial charge in [-0.1, -0.05) is 30.3 Å². The summed E-state index contributed by atoms with van der Waals surface area (Å²) in [4.78, 5) is 2.34. The zero-order valence-corrected chi connectivity index (χ0v) is 15.6. The van der Waals surface area contributed by atoms with E-state index in [1.807, 2.05) is 24.3 Å². The maximum Gasteiger partial charge on any atom is 0.165 e. The van der Waals surface area contributed by atoms with Gasteiger partial charge in [0, 0.05) is 36.7 Å². The van der Waals surface area contributed by atoms with E-state index in [0.29, 0.717) is 25.8 Å². The molecule has 0 bridgehead atoms. The smallest absolute Gasteiger partial charge is 0.165 e. The summed E-state index contributed by atoms with van der Waals surface area (Å²) < 4.78 is 25.5. The van der Waals surface area contributed by atoms with Crippen LogP contribution in [0, 0.1) is 5.82 Å². The molecule has 5 heteroatoms. The van der Waals surface area contributed by atoms with Crippen molar-refractivity contribution in [3.63, 3.8) is 0 Å². The van der Waals surface area contributed by atoms with Crippen molar-refractivity contribution in [2.75, 3.05) is 26.3 Å². The molecular formula is C22H27FN2O2. The lowest BCUT2D eigenvalue weighted by Crippen LogP contribution is -2.42. The second-order valence-corrected chi connectivity index (χ2v) is 7.32. The van der Waals surface area contributed by atoms with Gasteiger partial charge in [-0.25, -0.2) is 4.39 Å². The first kappa shape index (κ1) is 18.3. The molecule has 4 rings (SSSR count). The molecule has 0 amide bonds. The van der Waals surface area contributed by atoms with E-state index in [1.54, 1.807) is 6.07 Å². The normalized spacial score (nSPS) is 18.3. The molecule has 1 saturated heterocycles. The van der Waals surface area contributed by atoms with Gasteiger partial charge in [-0.15, -0.1) is 0 Å². The minimum atomic E-state index is -0.107. The maximum absolute atomic E-state index is 13.8. The molecular weight excluding hydrogens is 343 g/mol. The second kappa shape index (κ2) is 8.72. The number of likely N-dealkylation sites (tertiary alicyclic amines) is 1. The van der Waals surface area contributed by atoms with Crippen LogP contribution in [0.25, 0.3) is 0 Å². The van der Waals surface area contributed by atoms with Gasteiger partial charge in [-0.2, -0.15) is 0 Å². The maximum atomic E-state index is 13.8. The summed E-state index contributed by atoms with van der Waals surface area (Å²) in [5, 5.41) is 3.67. The third kappa shape index (κ3) is 4.60. The second-order valence-electron chi connectivity index (χ2n) is 7.32. The number of benzene rings is 2. The van der Waals surface area contributed by atoms with E-state index in [1.165, 1.54) is 6.07 Å². The highest BCUT2D eigenvalue weighted by Gasteiger charge is 2.21. The van der Waals surface area contributed by atoms with Crippen molar-refractivity contribution in [2.24, 2.45) is 0 Å². The fraction of sp³-hybridized carbons (Fsp3) is 0.455. The van der Waals surface area contributed by atoms with Crippen LogP contribution in [0.4, 0.5) is 4.39 Å². The van der Waals surface area contributed by atoms with Crippen LogP contribution in [-0.2, 0) is 13.1 Å². The molecule has 0 aromatic heterocycles. The predicted octanol–water partition coefficient (Wildman–Crippen LogP) is 3.74. The van der Waals surface area contributed by atoms with Gasteiger partial charge in [-0.3, -0.25) is 4.90 Å². The Hall–Kier alpha value is -2.11. The molecule has 2 aliphatic heterocycles. The molecule has 0 atom stereocenters. The van der Waals surface area contributed by atoms with E-state index in [2.05, 4.69) is 16.3 Å². The van der Waals surface area contributed by atoms with Gasteiger partial charge in [0.25, 0.3) is 0 Å². The lowest BCUT2D eigenvalue weighted by atomic mass is 10.0. The Morgan fingerprint density at radius 1 is 0.963 bits per heavy atom. The summed E-state index contributed by atoms with van der Waals surface area (Å²) in [7, 11) is 0. The summed E-state index contributed by atoms with van der Waals surface area (Å²) in [6.45, 7) is 4.86. The highest BCUT2D eigenvalue weighted by molar-refractivity contribution is 5.47. The molecule has 2 aliphatic rings. The van der Waals surface area contributed by atoms with Crippen molar-refractivity contribution in [3.05, 3.63) is 59.4 Å². The van der Waals surface area contributed by atoms with Crippen LogP contribution >= 0.6 is 0 Å². The Labute approximate surface area is 160 Å². The van der Waals surface area contributed by atoms with E-state index >= 15 is 0 Å². The zero-order valence-electron chi connectivity index (χ0n) is 15.6. The molecule has 1 N–H and O–H groups in total. The van der Waals surface area contributed by atoms with Gasteiger partial charge in [0.2, 0.25) is 0 Å². The number of nitrogens with zero attached hydrogens (tertiary/aromatic N) is 1. The van der Waals surface area contributed by atoms with Crippen LogP contribution in [-0.4, -0.2) is 37.2 Å². The lowest BCUT2D eigenvalue weighted by Gasteiger charge is -2.32. The third-order valence-corrected chi connectivity index (χ3v) is 5.37. The molecule has 2 heterocycles. The van der Waals surface area contributed by atoms with Gasteiger partial charge < -0.3 is 14.8 Å². The van der Waals surface area contributed by atoms with Crippen LogP contribution in [0.15, 0.2) is 42.5 Å². The highest BCUT2D eigenvalue weighted by atomic mass is 19.1. The number of rotatable bonds is 5. The van der Waals surface area contributed by atoms with Crippen LogP contribution in [0.1, 0.15) is 30.4 Å². The zero-order chi connectivity index (χ0) is 18.5. The lowest BCUT2D eigenvalue weighted by molar-refractivity contribution is 0.188. The first-order valence-electron chi connectivity index (χ1n) is 9.86. The Kier molecular flexibility index (Phi) is 5.90. The fourth-order valence-electron chi connectivity index (χ4n) is 3.81. The molecule has 0 aliphatic carbocycles. The van der Waals surface area contributed by atoms with Crippen LogP contribution in [0.2, 0.25) is 0 Å². The third-order valence-electron chi connectivity index (χ3n) is 5.37. The summed E-state index contributed by atoms with van der Waals surface area (Å²) in [5.74, 6) is 1.63. The highest BCUT2D eigenvalue weighted by Crippen LogP contribution is 2.33. The summed E-state index contributed by atoms with van der Waals surface area (Å²) in [6, 6.07) is 13.7. The van der Waals surface area contributed by atoms with Crippen LogP contribution in [0.3, 0.4) is 0 Å². The molecule has 0 radical (unpaired) electrons. The first-order valence-corrected chi connectivity index (χ1v) is 9.86. The van der Waals surface area contributed by atoms with Crippen LogP contribution < -0.4 is 14.8 Å². The Balaban J connectivity index is 1.28. The molecule has 27 heavy (non-hydrogen) atoms. The molecule has 0 saturated carbocycles. The number of hydrogen-bond acceptors (Lipinski definition) is 4. The number of fused-ring (bicyclic) bond motifs is 1. The topological polar surface area (TPSA) is 33.7 Å². The van der Waals surface area contributed by atoms with Gasteiger partial charge in [-0.05, 0) is 38.1 Å².